The molecule has 228 valence electrons. The SMILES string of the molecule is C1=CC2C(n3c4ccccc4c4c3ccc3c5c6oc7ccccc7c6ccc5n(-c5ccccc5)c34)=CC=C3c4ccccc4C(=C1)C32. The van der Waals surface area contributed by atoms with Gasteiger partial charge in [-0.2, -0.15) is 0 Å². The lowest BCUT2D eigenvalue weighted by atomic mass is 9.76. The second-order valence-electron chi connectivity index (χ2n) is 13.6. The first-order chi connectivity index (χ1) is 24.3. The summed E-state index contributed by atoms with van der Waals surface area (Å²) in [5.41, 5.74) is 14.7. The van der Waals surface area contributed by atoms with Crippen molar-refractivity contribution in [3.05, 3.63) is 169 Å². The van der Waals surface area contributed by atoms with Crippen LogP contribution >= 0.6 is 0 Å². The Balaban J connectivity index is 1.22. The molecule has 9 aromatic rings. The summed E-state index contributed by atoms with van der Waals surface area (Å²) in [6, 6.07) is 46.2. The van der Waals surface area contributed by atoms with Crippen LogP contribution in [0.2, 0.25) is 0 Å². The van der Waals surface area contributed by atoms with E-state index >= 15 is 0 Å². The van der Waals surface area contributed by atoms with Crippen LogP contribution in [0.3, 0.4) is 0 Å². The van der Waals surface area contributed by atoms with Crippen LogP contribution in [0.5, 0.6) is 0 Å². The molecule has 0 bridgehead atoms. The highest BCUT2D eigenvalue weighted by Gasteiger charge is 2.41. The van der Waals surface area contributed by atoms with E-state index in [2.05, 4.69) is 167 Å². The van der Waals surface area contributed by atoms with Gasteiger partial charge in [-0.05, 0) is 76.9 Å². The Bertz CT molecular complexity index is 3050. The average molecular weight is 625 g/mol. The van der Waals surface area contributed by atoms with Crippen molar-refractivity contribution in [2.24, 2.45) is 11.8 Å². The van der Waals surface area contributed by atoms with Gasteiger partial charge in [0.1, 0.15) is 11.2 Å². The maximum Gasteiger partial charge on any atom is 0.145 e. The van der Waals surface area contributed by atoms with Crippen LogP contribution in [0, 0.1) is 11.8 Å². The summed E-state index contributed by atoms with van der Waals surface area (Å²) in [7, 11) is 0. The number of fused-ring (bicyclic) bond motifs is 14. The predicted molar refractivity (Wildman–Crippen MR) is 204 cm³/mol. The van der Waals surface area contributed by atoms with Crippen molar-refractivity contribution in [1.82, 2.24) is 9.13 Å². The van der Waals surface area contributed by atoms with E-state index in [1.54, 1.807) is 0 Å². The third-order valence-corrected chi connectivity index (χ3v) is 11.3. The Kier molecular flexibility index (Phi) is 4.82. The molecule has 3 aromatic heterocycles. The molecular weight excluding hydrogens is 597 g/mol. The van der Waals surface area contributed by atoms with Crippen molar-refractivity contribution < 1.29 is 4.42 Å². The van der Waals surface area contributed by atoms with E-state index in [1.165, 1.54) is 60.7 Å². The molecule has 0 saturated heterocycles. The molecule has 12 rings (SSSR count). The van der Waals surface area contributed by atoms with E-state index < -0.39 is 0 Å². The number of benzene rings is 6. The highest BCUT2D eigenvalue weighted by molar-refractivity contribution is 6.31. The maximum absolute atomic E-state index is 6.69. The topological polar surface area (TPSA) is 23.0 Å². The van der Waals surface area contributed by atoms with Crippen LogP contribution < -0.4 is 0 Å². The zero-order valence-electron chi connectivity index (χ0n) is 26.5. The van der Waals surface area contributed by atoms with Crippen molar-refractivity contribution in [1.29, 1.82) is 0 Å². The molecule has 0 aliphatic heterocycles. The largest absolute Gasteiger partial charge is 0.455 e. The van der Waals surface area contributed by atoms with Gasteiger partial charge in [0, 0.05) is 50.2 Å². The van der Waals surface area contributed by atoms with Gasteiger partial charge in [0.15, 0.2) is 0 Å². The van der Waals surface area contributed by atoms with E-state index in [4.69, 9.17) is 4.42 Å². The van der Waals surface area contributed by atoms with Crippen molar-refractivity contribution in [3.63, 3.8) is 0 Å². The van der Waals surface area contributed by atoms with Crippen LogP contribution in [0.1, 0.15) is 11.1 Å². The first-order valence-corrected chi connectivity index (χ1v) is 17.1. The van der Waals surface area contributed by atoms with Crippen LogP contribution in [0.15, 0.2) is 162 Å². The van der Waals surface area contributed by atoms with Gasteiger partial charge < -0.3 is 13.6 Å². The molecule has 2 atom stereocenters. The second kappa shape index (κ2) is 9.18. The number of furan rings is 1. The molecular formula is C46H28N2O. The molecule has 3 nitrogen and oxygen atoms in total. The van der Waals surface area contributed by atoms with E-state index in [0.29, 0.717) is 5.92 Å². The van der Waals surface area contributed by atoms with Crippen LogP contribution in [-0.2, 0) is 0 Å². The van der Waals surface area contributed by atoms with Crippen molar-refractivity contribution >= 4 is 82.4 Å². The molecule has 3 heteroatoms. The fraction of sp³-hybridized carbons (Fsp3) is 0.0435. The third kappa shape index (κ3) is 3.18. The zero-order valence-corrected chi connectivity index (χ0v) is 26.5. The minimum Gasteiger partial charge on any atom is -0.455 e. The summed E-state index contributed by atoms with van der Waals surface area (Å²) < 4.78 is 11.7. The Morgan fingerprint density at radius 3 is 2.04 bits per heavy atom. The molecule has 0 saturated carbocycles. The third-order valence-electron chi connectivity index (χ3n) is 11.3. The van der Waals surface area contributed by atoms with E-state index in [1.807, 2.05) is 0 Å². The number of nitrogens with zero attached hydrogens (tertiary/aromatic N) is 2. The second-order valence-corrected chi connectivity index (χ2v) is 13.6. The number of para-hydroxylation sites is 3. The van der Waals surface area contributed by atoms with E-state index in [0.717, 1.165) is 38.5 Å². The Morgan fingerprint density at radius 2 is 1.18 bits per heavy atom. The van der Waals surface area contributed by atoms with Crippen molar-refractivity contribution in [2.45, 2.75) is 0 Å². The molecule has 3 aliphatic carbocycles. The summed E-state index contributed by atoms with van der Waals surface area (Å²) in [5.74, 6) is 0.553. The quantitative estimate of drug-likeness (QED) is 0.188. The lowest BCUT2D eigenvalue weighted by Gasteiger charge is -2.32. The molecule has 3 heterocycles. The van der Waals surface area contributed by atoms with Crippen LogP contribution in [0.25, 0.3) is 88.1 Å². The molecule has 0 spiro atoms. The molecule has 49 heavy (non-hydrogen) atoms. The molecule has 0 radical (unpaired) electrons. The van der Waals surface area contributed by atoms with Gasteiger partial charge in [0.05, 0.1) is 27.5 Å². The lowest BCUT2D eigenvalue weighted by Crippen LogP contribution is -2.21. The number of aromatic nitrogens is 2. The standard InChI is InChI=1S/C46H28N2O/c1-2-11-27(12-3-1)47-40-25-22-33-30-15-7-9-20-41(30)49-46(33)44(40)36-23-26-39-43(45(36)47)35-16-6-8-19-37(35)48(39)38-24-21-32-29-14-5-4-13-28(29)31-17-10-18-34(38)42(31)32/h1-26,34,42H. The maximum atomic E-state index is 6.69. The molecule has 0 fully saturated rings. The van der Waals surface area contributed by atoms with E-state index in [9.17, 15) is 0 Å². The first kappa shape index (κ1) is 25.7. The summed E-state index contributed by atoms with van der Waals surface area (Å²) in [6.45, 7) is 0. The Labute approximate surface area is 281 Å². The highest BCUT2D eigenvalue weighted by atomic mass is 16.3. The average Bonchev–Trinajstić information content (AvgIpc) is 3.89. The Hall–Kier alpha value is -6.32. The van der Waals surface area contributed by atoms with Crippen LogP contribution in [-0.4, -0.2) is 9.13 Å². The molecule has 2 unspecified atom stereocenters. The molecule has 3 aliphatic rings. The number of rotatable bonds is 2. The molecule has 6 aromatic carbocycles. The van der Waals surface area contributed by atoms with Gasteiger partial charge in [-0.15, -0.1) is 0 Å². The van der Waals surface area contributed by atoms with Gasteiger partial charge in [-0.25, -0.2) is 0 Å². The highest BCUT2D eigenvalue weighted by Crippen LogP contribution is 2.56. The molecule has 0 N–H and O–H groups in total. The summed E-state index contributed by atoms with van der Waals surface area (Å²) in [6.07, 6.45) is 11.8. The number of hydrogen-bond donors (Lipinski definition) is 0. The lowest BCUT2D eigenvalue weighted by molar-refractivity contribution is 0.673. The first-order valence-electron chi connectivity index (χ1n) is 17.1. The fourth-order valence-electron chi connectivity index (χ4n) is 9.38. The zero-order chi connectivity index (χ0) is 31.8. The van der Waals surface area contributed by atoms with Gasteiger partial charge >= 0.3 is 0 Å². The van der Waals surface area contributed by atoms with Gasteiger partial charge in [-0.1, -0.05) is 103 Å². The predicted octanol–water partition coefficient (Wildman–Crippen LogP) is 11.9. The van der Waals surface area contributed by atoms with Gasteiger partial charge in [-0.3, -0.25) is 0 Å². The van der Waals surface area contributed by atoms with E-state index in [-0.39, 0.29) is 5.92 Å². The smallest absolute Gasteiger partial charge is 0.145 e. The van der Waals surface area contributed by atoms with Crippen molar-refractivity contribution in [2.75, 3.05) is 0 Å². The van der Waals surface area contributed by atoms with Crippen LogP contribution in [0.4, 0.5) is 0 Å². The Morgan fingerprint density at radius 1 is 0.490 bits per heavy atom. The minimum atomic E-state index is 0.234. The normalized spacial score (nSPS) is 18.1. The fourth-order valence-corrected chi connectivity index (χ4v) is 9.38. The molecule has 0 amide bonds. The number of hydrogen-bond acceptors (Lipinski definition) is 1. The van der Waals surface area contributed by atoms with Gasteiger partial charge in [0.25, 0.3) is 0 Å². The summed E-state index contributed by atoms with van der Waals surface area (Å²) >= 11 is 0. The number of allylic oxidation sites excluding steroid dienone is 8. The monoisotopic (exact) mass is 624 g/mol. The van der Waals surface area contributed by atoms with Gasteiger partial charge in [0.2, 0.25) is 0 Å². The summed E-state index contributed by atoms with van der Waals surface area (Å²) in [4.78, 5) is 0. The minimum absolute atomic E-state index is 0.234. The summed E-state index contributed by atoms with van der Waals surface area (Å²) in [5, 5.41) is 7.18. The van der Waals surface area contributed by atoms with Crippen molar-refractivity contribution in [3.8, 4) is 5.69 Å².